The third-order valence-corrected chi connectivity index (χ3v) is 4.35. The van der Waals surface area contributed by atoms with Crippen molar-refractivity contribution in [2.24, 2.45) is 35.5 Å². The average Bonchev–Trinajstić information content (AvgIpc) is 2.58. The molecule has 3 nitrogen and oxygen atoms in total. The van der Waals surface area contributed by atoms with E-state index in [0.29, 0.717) is 0 Å². The van der Waals surface area contributed by atoms with E-state index >= 15 is 0 Å². The van der Waals surface area contributed by atoms with E-state index in [9.17, 15) is 0 Å². The van der Waals surface area contributed by atoms with E-state index in [1.165, 1.54) is 38.9 Å². The van der Waals surface area contributed by atoms with Gasteiger partial charge in [0.25, 0.3) is 0 Å². The lowest BCUT2D eigenvalue weighted by molar-refractivity contribution is 0.497. The molecule has 0 spiro atoms. The van der Waals surface area contributed by atoms with Gasteiger partial charge in [0, 0.05) is 0 Å². The van der Waals surface area contributed by atoms with Crippen molar-refractivity contribution < 1.29 is 0 Å². The summed E-state index contributed by atoms with van der Waals surface area (Å²) in [5, 5.41) is 10.2. The number of hydrogen-bond donors (Lipinski definition) is 3. The molecular weight excluding hydrogens is 366 g/mol. The highest BCUT2D eigenvalue weighted by atomic mass is 14.9. The third kappa shape index (κ3) is 46.2. The molecule has 0 bridgehead atoms. The van der Waals surface area contributed by atoms with Gasteiger partial charge in [0.2, 0.25) is 0 Å². The van der Waals surface area contributed by atoms with Crippen molar-refractivity contribution in [1.82, 2.24) is 16.0 Å². The molecule has 0 radical (unpaired) electrons. The Bertz CT molecular complexity index is 268. The summed E-state index contributed by atoms with van der Waals surface area (Å²) >= 11 is 0. The first-order valence-electron chi connectivity index (χ1n) is 13.0. The predicted octanol–water partition coefficient (Wildman–Crippen LogP) is 6.83. The Hall–Kier alpha value is -0.120. The van der Waals surface area contributed by atoms with Gasteiger partial charge in [-0.2, -0.15) is 0 Å². The lowest BCUT2D eigenvalue weighted by atomic mass is 10.1. The van der Waals surface area contributed by atoms with Gasteiger partial charge in [0.15, 0.2) is 0 Å². The monoisotopic (exact) mass is 430 g/mol. The highest BCUT2D eigenvalue weighted by Crippen LogP contribution is 1.99. The van der Waals surface area contributed by atoms with E-state index in [-0.39, 0.29) is 0 Å². The zero-order chi connectivity index (χ0) is 23.9. The van der Waals surface area contributed by atoms with E-state index in [4.69, 9.17) is 0 Å². The van der Waals surface area contributed by atoms with Gasteiger partial charge in [0.1, 0.15) is 0 Å². The van der Waals surface area contributed by atoms with Crippen molar-refractivity contribution in [3.63, 3.8) is 0 Å². The molecular formula is C27H63N3. The van der Waals surface area contributed by atoms with E-state index in [0.717, 1.165) is 55.1 Å². The summed E-state index contributed by atoms with van der Waals surface area (Å²) < 4.78 is 0. The van der Waals surface area contributed by atoms with Crippen molar-refractivity contribution in [3.05, 3.63) is 0 Å². The zero-order valence-electron chi connectivity index (χ0n) is 23.3. The predicted molar refractivity (Wildman–Crippen MR) is 141 cm³/mol. The van der Waals surface area contributed by atoms with Gasteiger partial charge in [-0.1, -0.05) is 83.1 Å². The van der Waals surface area contributed by atoms with Crippen LogP contribution in [0, 0.1) is 35.5 Å². The smallest absolute Gasteiger partial charge is 0.00257 e. The van der Waals surface area contributed by atoms with Crippen LogP contribution in [0.4, 0.5) is 0 Å². The van der Waals surface area contributed by atoms with Gasteiger partial charge in [-0.15, -0.1) is 0 Å². The topological polar surface area (TPSA) is 36.1 Å². The minimum absolute atomic E-state index is 0.781. The van der Waals surface area contributed by atoms with Crippen LogP contribution in [0.3, 0.4) is 0 Å². The molecule has 0 amide bonds. The minimum Gasteiger partial charge on any atom is -0.317 e. The highest BCUT2D eigenvalue weighted by molar-refractivity contribution is 4.54. The molecule has 3 heteroatoms. The molecule has 0 aromatic heterocycles. The number of nitrogens with one attached hydrogen (secondary N) is 3. The van der Waals surface area contributed by atoms with Crippen LogP contribution in [-0.4, -0.2) is 39.3 Å². The van der Waals surface area contributed by atoms with Crippen LogP contribution < -0.4 is 16.0 Å². The van der Waals surface area contributed by atoms with Crippen molar-refractivity contribution >= 4 is 0 Å². The van der Waals surface area contributed by atoms with E-state index in [1.807, 2.05) is 0 Å². The summed E-state index contributed by atoms with van der Waals surface area (Å²) in [6.45, 7) is 34.0. The SMILES string of the molecule is CC(C)CCNCC(C)C.CC(C)CCNCCC(C)C.CC(C)CNCC(C)C. The summed E-state index contributed by atoms with van der Waals surface area (Å²) in [4.78, 5) is 0. The second-order valence-electron chi connectivity index (χ2n) is 11.3. The molecule has 30 heavy (non-hydrogen) atoms. The second-order valence-corrected chi connectivity index (χ2v) is 11.3. The first-order chi connectivity index (χ1) is 13.9. The average molecular weight is 430 g/mol. The minimum atomic E-state index is 0.781. The molecule has 0 heterocycles. The summed E-state index contributed by atoms with van der Waals surface area (Å²) in [5.74, 6) is 4.85. The Kier molecular flexibility index (Phi) is 28.9. The molecule has 186 valence electrons. The Balaban J connectivity index is -0.000000366. The van der Waals surface area contributed by atoms with E-state index in [2.05, 4.69) is 99.0 Å². The molecule has 0 saturated heterocycles. The van der Waals surface area contributed by atoms with Gasteiger partial charge < -0.3 is 16.0 Å². The fourth-order valence-corrected chi connectivity index (χ4v) is 2.35. The lowest BCUT2D eigenvalue weighted by Crippen LogP contribution is -2.23. The summed E-state index contributed by atoms with van der Waals surface area (Å²) in [7, 11) is 0. The standard InChI is InChI=1S/C10H23N.C9H21N.C8H19N/c1-9(2)5-7-11-8-6-10(3)4;1-8(2)5-6-10-7-9(3)4;1-7(2)5-9-6-8(3)4/h9-11H,5-8H2,1-4H3;8-10H,5-7H2,1-4H3;7-9H,5-6H2,1-4H3. The van der Waals surface area contributed by atoms with Gasteiger partial charge in [-0.25, -0.2) is 0 Å². The van der Waals surface area contributed by atoms with Crippen molar-refractivity contribution in [3.8, 4) is 0 Å². The first-order valence-corrected chi connectivity index (χ1v) is 13.0. The molecule has 0 aliphatic carbocycles. The van der Waals surface area contributed by atoms with Gasteiger partial charge >= 0.3 is 0 Å². The van der Waals surface area contributed by atoms with E-state index < -0.39 is 0 Å². The van der Waals surface area contributed by atoms with Crippen LogP contribution in [0.5, 0.6) is 0 Å². The maximum atomic E-state index is 3.45. The molecule has 0 atom stereocenters. The van der Waals surface area contributed by atoms with Crippen LogP contribution in [-0.2, 0) is 0 Å². The Morgan fingerprint density at radius 2 is 0.600 bits per heavy atom. The van der Waals surface area contributed by atoms with Gasteiger partial charge in [0.05, 0.1) is 0 Å². The van der Waals surface area contributed by atoms with Crippen LogP contribution in [0.25, 0.3) is 0 Å². The summed E-state index contributed by atoms with van der Waals surface area (Å²) in [6.07, 6.45) is 3.91. The van der Waals surface area contributed by atoms with Gasteiger partial charge in [-0.05, 0) is 94.0 Å². The fourth-order valence-electron chi connectivity index (χ4n) is 2.35. The molecule has 0 saturated carbocycles. The Labute approximate surface area is 193 Å². The summed E-state index contributed by atoms with van der Waals surface area (Å²) in [5.41, 5.74) is 0. The van der Waals surface area contributed by atoms with Crippen LogP contribution in [0.15, 0.2) is 0 Å². The normalized spacial score (nSPS) is 11.4. The second kappa shape index (κ2) is 25.1. The molecule has 0 aliphatic heterocycles. The van der Waals surface area contributed by atoms with Gasteiger partial charge in [-0.3, -0.25) is 0 Å². The molecule has 3 N–H and O–H groups in total. The molecule has 0 aliphatic rings. The largest absolute Gasteiger partial charge is 0.317 e. The van der Waals surface area contributed by atoms with Crippen molar-refractivity contribution in [2.75, 3.05) is 39.3 Å². The van der Waals surface area contributed by atoms with Crippen molar-refractivity contribution in [2.45, 2.75) is 102 Å². The lowest BCUT2D eigenvalue weighted by Gasteiger charge is -2.08. The molecule has 0 unspecified atom stereocenters. The molecule has 0 rings (SSSR count). The quantitative estimate of drug-likeness (QED) is 0.249. The van der Waals surface area contributed by atoms with E-state index in [1.54, 1.807) is 0 Å². The Morgan fingerprint density at radius 3 is 0.867 bits per heavy atom. The highest BCUT2D eigenvalue weighted by Gasteiger charge is 1.96. The number of rotatable bonds is 15. The molecule has 0 aromatic rings. The molecule has 0 aromatic carbocycles. The van der Waals surface area contributed by atoms with Crippen LogP contribution in [0.2, 0.25) is 0 Å². The maximum absolute atomic E-state index is 3.45. The Morgan fingerprint density at radius 1 is 0.333 bits per heavy atom. The number of hydrogen-bond acceptors (Lipinski definition) is 3. The van der Waals surface area contributed by atoms with Crippen LogP contribution >= 0.6 is 0 Å². The van der Waals surface area contributed by atoms with Crippen molar-refractivity contribution in [1.29, 1.82) is 0 Å². The van der Waals surface area contributed by atoms with Crippen LogP contribution in [0.1, 0.15) is 102 Å². The fraction of sp³-hybridized carbons (Fsp3) is 1.00. The molecule has 0 fully saturated rings. The third-order valence-electron chi connectivity index (χ3n) is 4.35. The maximum Gasteiger partial charge on any atom is -0.00257 e. The summed E-state index contributed by atoms with van der Waals surface area (Å²) in [6, 6.07) is 0. The first kappa shape index (κ1) is 34.5. The zero-order valence-corrected chi connectivity index (χ0v) is 23.3.